The van der Waals surface area contributed by atoms with Gasteiger partial charge in [0.05, 0.1) is 10.7 Å². The van der Waals surface area contributed by atoms with E-state index in [1.165, 1.54) is 23.1 Å². The molecule has 7 heteroatoms. The first-order valence-electron chi connectivity index (χ1n) is 5.75. The zero-order chi connectivity index (χ0) is 14.2. The van der Waals surface area contributed by atoms with Crippen molar-refractivity contribution >= 4 is 23.1 Å². The van der Waals surface area contributed by atoms with Crippen LogP contribution >= 0.6 is 11.6 Å². The van der Waals surface area contributed by atoms with E-state index in [0.717, 1.165) is 12.8 Å². The van der Waals surface area contributed by atoms with Crippen molar-refractivity contribution in [2.24, 2.45) is 5.73 Å². The molecule has 3 nitrogen and oxygen atoms in total. The van der Waals surface area contributed by atoms with Crippen molar-refractivity contribution in [2.45, 2.75) is 25.1 Å². The molecule has 0 unspecified atom stereocenters. The molecule has 2 rings (SSSR count). The molecule has 0 heterocycles. The molecule has 0 radical (unpaired) electrons. The first-order chi connectivity index (χ1) is 8.78. The van der Waals surface area contributed by atoms with Gasteiger partial charge in [-0.1, -0.05) is 11.6 Å². The highest BCUT2D eigenvalue weighted by molar-refractivity contribution is 6.33. The Bertz CT molecular complexity index is 497. The fourth-order valence-electron chi connectivity index (χ4n) is 1.90. The Morgan fingerprint density at radius 1 is 1.42 bits per heavy atom. The van der Waals surface area contributed by atoms with E-state index in [1.54, 1.807) is 0 Å². The molecule has 0 amide bonds. The summed E-state index contributed by atoms with van der Waals surface area (Å²) in [6, 6.07) is 4.31. The van der Waals surface area contributed by atoms with E-state index in [0.29, 0.717) is 11.3 Å². The van der Waals surface area contributed by atoms with Crippen LogP contribution in [-0.2, 0) is 0 Å². The van der Waals surface area contributed by atoms with Gasteiger partial charge in [-0.3, -0.25) is 5.41 Å². The minimum absolute atomic E-state index is 0.109. The van der Waals surface area contributed by atoms with Crippen molar-refractivity contribution < 1.29 is 13.2 Å². The third-order valence-corrected chi connectivity index (χ3v) is 3.21. The number of amidine groups is 1. The quantitative estimate of drug-likeness (QED) is 0.661. The molecule has 1 aliphatic rings. The molecule has 19 heavy (non-hydrogen) atoms. The van der Waals surface area contributed by atoms with Gasteiger partial charge in [0.25, 0.3) is 0 Å². The maximum absolute atomic E-state index is 12.6. The average Bonchev–Trinajstić information content (AvgIpc) is 3.08. The summed E-state index contributed by atoms with van der Waals surface area (Å²) in [7, 11) is 0. The van der Waals surface area contributed by atoms with Gasteiger partial charge in [-0.2, -0.15) is 13.2 Å². The van der Waals surface area contributed by atoms with Crippen LogP contribution in [0.2, 0.25) is 5.02 Å². The Kier molecular flexibility index (Phi) is 3.62. The molecule has 104 valence electrons. The van der Waals surface area contributed by atoms with Gasteiger partial charge < -0.3 is 10.6 Å². The zero-order valence-corrected chi connectivity index (χ0v) is 10.7. The maximum Gasteiger partial charge on any atom is 0.405 e. The molecule has 0 aromatic heterocycles. The summed E-state index contributed by atoms with van der Waals surface area (Å²) < 4.78 is 37.7. The number of anilines is 1. The first kappa shape index (κ1) is 14.0. The number of rotatable bonds is 4. The summed E-state index contributed by atoms with van der Waals surface area (Å²) in [5, 5.41) is 7.46. The predicted octanol–water partition coefficient (Wildman–Crippen LogP) is 3.16. The molecule has 1 aliphatic carbocycles. The van der Waals surface area contributed by atoms with Gasteiger partial charge in [0.1, 0.15) is 12.4 Å². The van der Waals surface area contributed by atoms with Gasteiger partial charge in [0, 0.05) is 11.6 Å². The van der Waals surface area contributed by atoms with E-state index in [-0.39, 0.29) is 16.9 Å². The highest BCUT2D eigenvalue weighted by atomic mass is 35.5. The van der Waals surface area contributed by atoms with E-state index in [1.807, 2.05) is 0 Å². The lowest BCUT2D eigenvalue weighted by Gasteiger charge is -2.27. The molecule has 1 saturated carbocycles. The number of hydrogen-bond acceptors (Lipinski definition) is 2. The van der Waals surface area contributed by atoms with Crippen LogP contribution in [0.1, 0.15) is 18.4 Å². The van der Waals surface area contributed by atoms with Crippen LogP contribution in [0.25, 0.3) is 0 Å². The molecule has 0 spiro atoms. The van der Waals surface area contributed by atoms with Crippen LogP contribution < -0.4 is 10.6 Å². The SMILES string of the molecule is N=C(N)c1ccc(N(CC(F)(F)F)C2CC2)c(Cl)c1. The lowest BCUT2D eigenvalue weighted by Crippen LogP contribution is -2.36. The van der Waals surface area contributed by atoms with Crippen LogP contribution in [0, 0.1) is 5.41 Å². The Balaban J connectivity index is 2.29. The molecule has 3 N–H and O–H groups in total. The van der Waals surface area contributed by atoms with Crippen molar-refractivity contribution in [1.29, 1.82) is 5.41 Å². The third kappa shape index (κ3) is 3.53. The lowest BCUT2D eigenvalue weighted by molar-refractivity contribution is -0.119. The smallest absolute Gasteiger partial charge is 0.384 e. The summed E-state index contributed by atoms with van der Waals surface area (Å²) in [6.07, 6.45) is -2.80. The Labute approximate surface area is 113 Å². The average molecular weight is 292 g/mol. The fourth-order valence-corrected chi connectivity index (χ4v) is 2.19. The predicted molar refractivity (Wildman–Crippen MR) is 68.9 cm³/mol. The summed E-state index contributed by atoms with van der Waals surface area (Å²) in [4.78, 5) is 1.27. The standard InChI is InChI=1S/C12H13ClF3N3/c13-9-5-7(11(17)18)1-4-10(9)19(8-2-3-8)6-12(14,15)16/h1,4-5,8H,2-3,6H2,(H3,17,18). The van der Waals surface area contributed by atoms with Gasteiger partial charge in [-0.25, -0.2) is 0 Å². The summed E-state index contributed by atoms with van der Waals surface area (Å²) in [5.74, 6) is -0.165. The molecule has 1 aromatic carbocycles. The second-order valence-corrected chi connectivity index (χ2v) is 4.96. The highest BCUT2D eigenvalue weighted by Crippen LogP contribution is 2.38. The molecule has 1 aromatic rings. The van der Waals surface area contributed by atoms with Gasteiger partial charge in [-0.05, 0) is 31.0 Å². The van der Waals surface area contributed by atoms with Crippen LogP contribution in [0.15, 0.2) is 18.2 Å². The number of nitrogens with zero attached hydrogens (tertiary/aromatic N) is 1. The van der Waals surface area contributed by atoms with Gasteiger partial charge in [-0.15, -0.1) is 0 Å². The number of nitrogen functional groups attached to an aromatic ring is 1. The van der Waals surface area contributed by atoms with E-state index in [4.69, 9.17) is 22.7 Å². The van der Waals surface area contributed by atoms with Crippen molar-refractivity contribution in [2.75, 3.05) is 11.4 Å². The zero-order valence-electron chi connectivity index (χ0n) is 9.97. The van der Waals surface area contributed by atoms with E-state index < -0.39 is 12.7 Å². The fraction of sp³-hybridized carbons (Fsp3) is 0.417. The van der Waals surface area contributed by atoms with E-state index in [2.05, 4.69) is 0 Å². The molecular formula is C12H13ClF3N3. The molecule has 0 atom stereocenters. The summed E-state index contributed by atoms with van der Waals surface area (Å²) >= 11 is 6.01. The third-order valence-electron chi connectivity index (χ3n) is 2.91. The number of alkyl halides is 3. The second-order valence-electron chi connectivity index (χ2n) is 4.55. The summed E-state index contributed by atoms with van der Waals surface area (Å²) in [6.45, 7) is -1.02. The van der Waals surface area contributed by atoms with Gasteiger partial charge in [0.2, 0.25) is 0 Å². The number of benzene rings is 1. The molecule has 0 saturated heterocycles. The van der Waals surface area contributed by atoms with Crippen LogP contribution in [0.3, 0.4) is 0 Å². The number of halogens is 4. The lowest BCUT2D eigenvalue weighted by atomic mass is 10.1. The second kappa shape index (κ2) is 4.92. The summed E-state index contributed by atoms with van der Waals surface area (Å²) in [5.41, 5.74) is 6.05. The minimum Gasteiger partial charge on any atom is -0.384 e. The highest BCUT2D eigenvalue weighted by Gasteiger charge is 2.38. The van der Waals surface area contributed by atoms with E-state index in [9.17, 15) is 13.2 Å². The van der Waals surface area contributed by atoms with Crippen LogP contribution in [-0.4, -0.2) is 24.6 Å². The largest absolute Gasteiger partial charge is 0.405 e. The van der Waals surface area contributed by atoms with E-state index >= 15 is 0 Å². The van der Waals surface area contributed by atoms with Crippen LogP contribution in [0.5, 0.6) is 0 Å². The first-order valence-corrected chi connectivity index (χ1v) is 6.13. The molecule has 1 fully saturated rings. The van der Waals surface area contributed by atoms with Gasteiger partial charge >= 0.3 is 6.18 Å². The molecule has 0 aliphatic heterocycles. The Hall–Kier alpha value is -1.43. The molecule has 0 bridgehead atoms. The van der Waals surface area contributed by atoms with Crippen molar-refractivity contribution in [1.82, 2.24) is 0 Å². The Morgan fingerprint density at radius 2 is 2.05 bits per heavy atom. The monoisotopic (exact) mass is 291 g/mol. The minimum atomic E-state index is -4.27. The topological polar surface area (TPSA) is 53.1 Å². The van der Waals surface area contributed by atoms with Crippen molar-refractivity contribution in [3.8, 4) is 0 Å². The maximum atomic E-state index is 12.6. The number of nitrogens with two attached hydrogens (primary N) is 1. The number of hydrogen-bond donors (Lipinski definition) is 2. The van der Waals surface area contributed by atoms with Crippen molar-refractivity contribution in [3.63, 3.8) is 0 Å². The van der Waals surface area contributed by atoms with Gasteiger partial charge in [0.15, 0.2) is 0 Å². The normalized spacial score (nSPS) is 15.4. The number of nitrogens with one attached hydrogen (secondary N) is 1. The van der Waals surface area contributed by atoms with Crippen molar-refractivity contribution in [3.05, 3.63) is 28.8 Å². The van der Waals surface area contributed by atoms with Crippen LogP contribution in [0.4, 0.5) is 18.9 Å². The Morgan fingerprint density at radius 3 is 2.47 bits per heavy atom. The molecular weight excluding hydrogens is 279 g/mol.